The number of hydrogen-bond acceptors (Lipinski definition) is 2. The second-order valence-corrected chi connectivity index (χ2v) is 5.01. The molecular formula is C14H22N2O. The number of anilines is 1. The van der Waals surface area contributed by atoms with E-state index in [1.807, 2.05) is 31.2 Å². The highest BCUT2D eigenvalue weighted by Crippen LogP contribution is 2.10. The Kier molecular flexibility index (Phi) is 4.70. The number of carbonyl (C=O) groups excluding carboxylic acids is 1. The van der Waals surface area contributed by atoms with Crippen molar-refractivity contribution in [1.82, 2.24) is 5.32 Å². The smallest absolute Gasteiger partial charge is 0.238 e. The maximum Gasteiger partial charge on any atom is 0.238 e. The Bertz CT molecular complexity index is 386. The summed E-state index contributed by atoms with van der Waals surface area (Å²) in [6.07, 6.45) is 0.991. The van der Waals surface area contributed by atoms with Crippen molar-refractivity contribution >= 4 is 11.6 Å². The van der Waals surface area contributed by atoms with Gasteiger partial charge in [-0.05, 0) is 44.9 Å². The number of aryl methyl sites for hydroxylation is 1. The topological polar surface area (TPSA) is 41.1 Å². The van der Waals surface area contributed by atoms with Crippen LogP contribution in [0.5, 0.6) is 0 Å². The fourth-order valence-electron chi connectivity index (χ4n) is 1.37. The van der Waals surface area contributed by atoms with Crippen LogP contribution in [-0.2, 0) is 4.79 Å². The number of rotatable bonds is 5. The molecule has 0 atom stereocenters. The summed E-state index contributed by atoms with van der Waals surface area (Å²) in [5.41, 5.74) is 2.00. The molecule has 0 saturated heterocycles. The Morgan fingerprint density at radius 1 is 1.35 bits per heavy atom. The van der Waals surface area contributed by atoms with E-state index in [4.69, 9.17) is 0 Å². The fourth-order valence-corrected chi connectivity index (χ4v) is 1.37. The number of amides is 1. The van der Waals surface area contributed by atoms with E-state index in [1.54, 1.807) is 0 Å². The number of benzene rings is 1. The van der Waals surface area contributed by atoms with Crippen LogP contribution in [0, 0.1) is 6.92 Å². The van der Waals surface area contributed by atoms with Gasteiger partial charge in [-0.25, -0.2) is 0 Å². The number of carbonyl (C=O) groups is 1. The van der Waals surface area contributed by atoms with E-state index >= 15 is 0 Å². The molecule has 0 radical (unpaired) electrons. The first-order valence-corrected chi connectivity index (χ1v) is 6.04. The van der Waals surface area contributed by atoms with E-state index in [0.29, 0.717) is 6.54 Å². The summed E-state index contributed by atoms with van der Waals surface area (Å²) in [6, 6.07) is 7.81. The molecule has 0 aliphatic heterocycles. The van der Waals surface area contributed by atoms with Crippen molar-refractivity contribution < 1.29 is 4.79 Å². The minimum absolute atomic E-state index is 0.00266. The van der Waals surface area contributed by atoms with Gasteiger partial charge in [-0.15, -0.1) is 0 Å². The lowest BCUT2D eigenvalue weighted by Gasteiger charge is -2.24. The molecular weight excluding hydrogens is 212 g/mol. The van der Waals surface area contributed by atoms with Gasteiger partial charge in [0.1, 0.15) is 0 Å². The van der Waals surface area contributed by atoms with Crippen LogP contribution in [0.25, 0.3) is 0 Å². The molecule has 0 bridgehead atoms. The second-order valence-electron chi connectivity index (χ2n) is 5.01. The highest BCUT2D eigenvalue weighted by Gasteiger charge is 2.15. The van der Waals surface area contributed by atoms with E-state index in [2.05, 4.69) is 31.4 Å². The Balaban J connectivity index is 2.45. The highest BCUT2D eigenvalue weighted by atomic mass is 16.1. The molecule has 0 spiro atoms. The third kappa shape index (κ3) is 5.00. The van der Waals surface area contributed by atoms with Crippen LogP contribution < -0.4 is 10.6 Å². The van der Waals surface area contributed by atoms with Gasteiger partial charge in [0.15, 0.2) is 0 Å². The van der Waals surface area contributed by atoms with Crippen LogP contribution in [-0.4, -0.2) is 18.0 Å². The van der Waals surface area contributed by atoms with Gasteiger partial charge in [-0.2, -0.15) is 0 Å². The lowest BCUT2D eigenvalue weighted by atomic mass is 10.0. The van der Waals surface area contributed by atoms with Crippen molar-refractivity contribution in [3.05, 3.63) is 29.8 Å². The van der Waals surface area contributed by atoms with Crippen LogP contribution in [0.15, 0.2) is 24.3 Å². The molecule has 0 heterocycles. The minimum Gasteiger partial charge on any atom is -0.325 e. The number of hydrogen-bond donors (Lipinski definition) is 2. The van der Waals surface area contributed by atoms with E-state index in [0.717, 1.165) is 17.7 Å². The van der Waals surface area contributed by atoms with Gasteiger partial charge in [-0.1, -0.05) is 19.1 Å². The van der Waals surface area contributed by atoms with Crippen molar-refractivity contribution in [3.63, 3.8) is 0 Å². The maximum absolute atomic E-state index is 11.7. The van der Waals surface area contributed by atoms with Crippen molar-refractivity contribution in [2.45, 2.75) is 39.7 Å². The van der Waals surface area contributed by atoms with Crippen LogP contribution in [0.1, 0.15) is 32.8 Å². The predicted molar refractivity (Wildman–Crippen MR) is 72.2 cm³/mol. The SMILES string of the molecule is CCC(C)(C)NCC(=O)Nc1cccc(C)c1. The molecule has 3 nitrogen and oxygen atoms in total. The third-order valence-corrected chi connectivity index (χ3v) is 2.91. The average molecular weight is 234 g/mol. The van der Waals surface area contributed by atoms with Gasteiger partial charge in [-0.3, -0.25) is 4.79 Å². The molecule has 0 fully saturated rings. The molecule has 1 rings (SSSR count). The van der Waals surface area contributed by atoms with Crippen LogP contribution in [0.2, 0.25) is 0 Å². The summed E-state index contributed by atoms with van der Waals surface area (Å²) < 4.78 is 0. The third-order valence-electron chi connectivity index (χ3n) is 2.91. The first-order chi connectivity index (χ1) is 7.93. The molecule has 0 saturated carbocycles. The molecule has 0 aromatic heterocycles. The Morgan fingerprint density at radius 3 is 2.65 bits per heavy atom. The average Bonchev–Trinajstić information content (AvgIpc) is 2.27. The Morgan fingerprint density at radius 2 is 2.06 bits per heavy atom. The number of nitrogens with one attached hydrogen (secondary N) is 2. The van der Waals surface area contributed by atoms with Gasteiger partial charge in [0, 0.05) is 11.2 Å². The molecule has 0 unspecified atom stereocenters. The summed E-state index contributed by atoms with van der Waals surface area (Å²) in [4.78, 5) is 11.7. The fraction of sp³-hybridized carbons (Fsp3) is 0.500. The predicted octanol–water partition coefficient (Wildman–Crippen LogP) is 2.71. The van der Waals surface area contributed by atoms with Gasteiger partial charge >= 0.3 is 0 Å². The molecule has 0 aliphatic rings. The van der Waals surface area contributed by atoms with E-state index in [9.17, 15) is 4.79 Å². The van der Waals surface area contributed by atoms with Crippen molar-refractivity contribution in [3.8, 4) is 0 Å². The van der Waals surface area contributed by atoms with Gasteiger partial charge < -0.3 is 10.6 Å². The van der Waals surface area contributed by atoms with Crippen LogP contribution in [0.4, 0.5) is 5.69 Å². The summed E-state index contributed by atoms with van der Waals surface area (Å²) in [5.74, 6) is -0.00266. The molecule has 17 heavy (non-hydrogen) atoms. The lowest BCUT2D eigenvalue weighted by Crippen LogP contribution is -2.43. The zero-order chi connectivity index (χ0) is 12.9. The van der Waals surface area contributed by atoms with Crippen LogP contribution >= 0.6 is 0 Å². The summed E-state index contributed by atoms with van der Waals surface area (Å²) in [6.45, 7) is 8.63. The van der Waals surface area contributed by atoms with Crippen LogP contribution in [0.3, 0.4) is 0 Å². The standard InChI is InChI=1S/C14H22N2O/c1-5-14(3,4)15-10-13(17)16-12-8-6-7-11(2)9-12/h6-9,15H,5,10H2,1-4H3,(H,16,17). The van der Waals surface area contributed by atoms with Gasteiger partial charge in [0.25, 0.3) is 0 Å². The zero-order valence-electron chi connectivity index (χ0n) is 11.1. The van der Waals surface area contributed by atoms with E-state index in [1.165, 1.54) is 0 Å². The Hall–Kier alpha value is -1.35. The summed E-state index contributed by atoms with van der Waals surface area (Å²) >= 11 is 0. The van der Waals surface area contributed by atoms with Crippen molar-refractivity contribution in [2.75, 3.05) is 11.9 Å². The first-order valence-electron chi connectivity index (χ1n) is 6.04. The normalized spacial score (nSPS) is 11.3. The molecule has 3 heteroatoms. The first kappa shape index (κ1) is 13.7. The lowest BCUT2D eigenvalue weighted by molar-refractivity contribution is -0.115. The molecule has 94 valence electrons. The minimum atomic E-state index is -0.00266. The van der Waals surface area contributed by atoms with E-state index < -0.39 is 0 Å². The molecule has 0 aliphatic carbocycles. The van der Waals surface area contributed by atoms with Gasteiger partial charge in [0.05, 0.1) is 6.54 Å². The van der Waals surface area contributed by atoms with Crippen molar-refractivity contribution in [1.29, 1.82) is 0 Å². The summed E-state index contributed by atoms with van der Waals surface area (Å²) in [5, 5.41) is 6.11. The zero-order valence-corrected chi connectivity index (χ0v) is 11.1. The quantitative estimate of drug-likeness (QED) is 0.822. The molecule has 1 aromatic carbocycles. The van der Waals surface area contributed by atoms with Crippen molar-refractivity contribution in [2.24, 2.45) is 0 Å². The monoisotopic (exact) mass is 234 g/mol. The highest BCUT2D eigenvalue weighted by molar-refractivity contribution is 5.92. The second kappa shape index (κ2) is 5.82. The Labute approximate surface area is 104 Å². The summed E-state index contributed by atoms with van der Waals surface area (Å²) in [7, 11) is 0. The van der Waals surface area contributed by atoms with E-state index in [-0.39, 0.29) is 11.4 Å². The molecule has 1 aromatic rings. The maximum atomic E-state index is 11.7. The largest absolute Gasteiger partial charge is 0.325 e. The molecule has 2 N–H and O–H groups in total. The van der Waals surface area contributed by atoms with Gasteiger partial charge in [0.2, 0.25) is 5.91 Å². The molecule has 1 amide bonds.